The Hall–Kier alpha value is -4.51. The molecule has 3 aliphatic rings. The van der Waals surface area contributed by atoms with Crippen molar-refractivity contribution in [1.29, 1.82) is 0 Å². The molecule has 0 spiro atoms. The summed E-state index contributed by atoms with van der Waals surface area (Å²) < 4.78 is 33.8. The van der Waals surface area contributed by atoms with E-state index in [-0.39, 0.29) is 143 Å². The molecule has 3 saturated heterocycles. The van der Waals surface area contributed by atoms with E-state index in [4.69, 9.17) is 66.4 Å². The maximum atomic E-state index is 11.2. The Morgan fingerprint density at radius 3 is 1.06 bits per heavy atom. The largest absolute Gasteiger partial charge is 2.00 e. The Labute approximate surface area is 631 Å². The Balaban J connectivity index is -0.000000255. The second kappa shape index (κ2) is 48.4. The van der Waals surface area contributed by atoms with Crippen molar-refractivity contribution in [2.24, 2.45) is 0 Å². The molecule has 3 aromatic heterocycles. The summed E-state index contributed by atoms with van der Waals surface area (Å²) >= 11 is 14.6. The molecule has 0 aliphatic carbocycles. The summed E-state index contributed by atoms with van der Waals surface area (Å²) in [6, 6.07) is 4.52. The number of nitrogens with zero attached hydrogens (tertiary/aromatic N) is 6. The van der Waals surface area contributed by atoms with E-state index in [0.29, 0.717) is 34.5 Å². The number of halogens is 3. The van der Waals surface area contributed by atoms with Gasteiger partial charge in [0.2, 0.25) is 0 Å². The predicted molar refractivity (Wildman–Crippen MR) is 416 cm³/mol. The van der Waals surface area contributed by atoms with Crippen LogP contribution in [0.25, 0.3) is 5.57 Å². The fourth-order valence-corrected chi connectivity index (χ4v) is 8.14. The van der Waals surface area contributed by atoms with Crippen LogP contribution in [0.15, 0.2) is 116 Å². The summed E-state index contributed by atoms with van der Waals surface area (Å²) in [5, 5.41) is 57.9. The summed E-state index contributed by atoms with van der Waals surface area (Å²) in [4.78, 5) is 42.9. The maximum Gasteiger partial charge on any atom is 2.00 e. The number of nitro groups is 3. The van der Waals surface area contributed by atoms with Crippen LogP contribution in [0.2, 0.25) is 22.7 Å². The van der Waals surface area contributed by atoms with Gasteiger partial charge in [-0.1, -0.05) is 162 Å². The van der Waals surface area contributed by atoms with Crippen LogP contribution >= 0.6 is 39.1 Å². The van der Waals surface area contributed by atoms with Crippen molar-refractivity contribution in [3.8, 4) is 0 Å². The Morgan fingerprint density at radius 1 is 0.525 bits per heavy atom. The van der Waals surface area contributed by atoms with Gasteiger partial charge in [-0.3, -0.25) is 40.3 Å². The number of alkyl halides is 1. The summed E-state index contributed by atoms with van der Waals surface area (Å²) in [5.41, 5.74) is 7.06. The van der Waals surface area contributed by atoms with E-state index in [0.717, 1.165) is 61.2 Å². The Bertz CT molecular complexity index is 2960. The average molecular weight is 1500 g/mol. The average Bonchev–Trinajstić information content (AvgIpc) is 1.67. The zero-order chi connectivity index (χ0) is 77.1. The Kier molecular flexibility index (Phi) is 49.4. The quantitative estimate of drug-likeness (QED) is 0.0294. The predicted octanol–water partition coefficient (Wildman–Crippen LogP) is 18.9. The third-order valence-electron chi connectivity index (χ3n) is 16.3. The molecule has 6 rings (SSSR count). The van der Waals surface area contributed by atoms with E-state index < -0.39 is 9.85 Å². The van der Waals surface area contributed by atoms with Crippen LogP contribution in [0.5, 0.6) is 0 Å². The normalized spacial score (nSPS) is 15.5. The second-order valence-corrected chi connectivity index (χ2v) is 28.1. The van der Waals surface area contributed by atoms with E-state index in [1.165, 1.54) is 48.9 Å². The first kappa shape index (κ1) is 101. The first-order valence-electron chi connectivity index (χ1n) is 32.6. The van der Waals surface area contributed by atoms with Gasteiger partial charge < -0.3 is 46.1 Å². The van der Waals surface area contributed by atoms with E-state index >= 15 is 0 Å². The molecule has 0 atom stereocenters. The van der Waals surface area contributed by atoms with Gasteiger partial charge in [0.1, 0.15) is 27.1 Å². The molecule has 21 nitrogen and oxygen atoms in total. The molecule has 1 radical (unpaired) electrons. The zero-order valence-electron chi connectivity index (χ0n) is 65.6. The zero-order valence-corrected chi connectivity index (χ0v) is 68.1. The molecule has 3 aromatic rings. The molecule has 3 N–H and O–H groups in total. The molecule has 3 fully saturated rings. The molecule has 0 aromatic carbocycles. The summed E-state index contributed by atoms with van der Waals surface area (Å²) in [6.07, 6.45) is 11.5. The minimum absolute atomic E-state index is 0. The molecular formula is C71H117B3BrCl2MgN6O15. The van der Waals surface area contributed by atoms with Gasteiger partial charge in [-0.2, -0.15) is 0 Å². The van der Waals surface area contributed by atoms with E-state index in [1.807, 2.05) is 69.2 Å². The molecule has 0 amide bonds. The van der Waals surface area contributed by atoms with Crippen molar-refractivity contribution < 1.29 is 60.9 Å². The van der Waals surface area contributed by atoms with Crippen LogP contribution in [0.1, 0.15) is 222 Å². The number of rotatable bonds is 21. The van der Waals surface area contributed by atoms with Gasteiger partial charge in [0.05, 0.1) is 68.2 Å². The molecule has 28 heteroatoms. The number of aliphatic hydroxyl groups excluding tert-OH is 3. The Morgan fingerprint density at radius 2 is 0.838 bits per heavy atom. The van der Waals surface area contributed by atoms with Crippen molar-refractivity contribution >= 4 is 107 Å². The number of aliphatic hydroxyl groups is 3. The molecule has 3 aliphatic heterocycles. The van der Waals surface area contributed by atoms with Crippen LogP contribution in [0.4, 0.5) is 17.1 Å². The fraction of sp³-hybridized carbons (Fsp3) is 0.592. The van der Waals surface area contributed by atoms with Crippen LogP contribution < -0.4 is 0 Å². The van der Waals surface area contributed by atoms with Crippen molar-refractivity contribution in [3.05, 3.63) is 179 Å². The standard InChI is InChI=1S/C13H18N2O2.2C11H21BO2.C8H9ClN2O2.C8H7ClN2O2.C6H12BO2.C5H9Br.C5H10O.C4H8O2.Mg.2H/c1-5-10(4)8-11-6-7-14-12(9(2)3)13(11)15(16)17;2*1-7-9(2)8-12-13-10(3,4)11(5,6)14-12;2*1-5(2)7-8(11(12)13)6(9)3-4-10-7;1-5(2)6(3,4)9-7-8-5;2*1-3-5(2)4-6;1-4(2-5)3-6;;;/h6-7,9H,4-5,8H2,1-3H3;2*2,7-8H2,1,3-6H3;3-5H,1-2H3;3-4H,1H2,2H3;1-4H3;2-4H2,1H3;6H,2-4H2,1H3;5-6H,1-3H2;;;/q;;;;;;;;;+2;2*-1. The summed E-state index contributed by atoms with van der Waals surface area (Å²) in [7, 11) is 1.18. The van der Waals surface area contributed by atoms with Crippen LogP contribution in [-0.4, -0.2) is 149 Å². The van der Waals surface area contributed by atoms with Gasteiger partial charge >= 0.3 is 56.3 Å². The van der Waals surface area contributed by atoms with Crippen LogP contribution in [0, 0.1) is 30.3 Å². The molecule has 0 saturated carbocycles. The van der Waals surface area contributed by atoms with Gasteiger partial charge in [-0.25, -0.2) is 4.98 Å². The molecule has 6 heterocycles. The maximum absolute atomic E-state index is 11.2. The molecule has 553 valence electrons. The SMILES string of the molecule is C=C(C)c1nccc(Cl)c1[N+](=O)[O-].C=C(CC)CB1OC(C)(C)C(C)(C)O1.C=C(CC)CB1OC(C)(C)C(C)(C)O1.C=C(CC)CBr.C=C(CC)CO.C=C(CC)Cc1ccnc(C(C)C)c1[N+](=O)[O-].C=C(CO)CO.CC(C)c1nccc(Cl)c1[N+](=O)[O-].CC1(C)O[B]OC1(C)C.[H-].[H-].[Mg+2]. The summed E-state index contributed by atoms with van der Waals surface area (Å²) in [5.74, 6) is 0.0457. The third kappa shape index (κ3) is 36.5. The van der Waals surface area contributed by atoms with Gasteiger partial charge in [0, 0.05) is 54.0 Å². The number of hydrogen-bond acceptors (Lipinski definition) is 18. The number of hydrogen-bond donors (Lipinski definition) is 3. The van der Waals surface area contributed by atoms with Crippen molar-refractivity contribution in [2.45, 2.75) is 249 Å². The topological polar surface area (TPSA) is 284 Å². The monoisotopic (exact) mass is 1500 g/mol. The van der Waals surface area contributed by atoms with E-state index in [2.05, 4.69) is 153 Å². The van der Waals surface area contributed by atoms with E-state index in [1.54, 1.807) is 19.2 Å². The smallest absolute Gasteiger partial charge is 1.00 e. The minimum atomic E-state index is -0.556. The number of allylic oxidation sites excluding steroid dienone is 5. The molecule has 0 bridgehead atoms. The van der Waals surface area contributed by atoms with Crippen molar-refractivity contribution in [2.75, 3.05) is 25.2 Å². The van der Waals surface area contributed by atoms with Crippen molar-refractivity contribution in [3.63, 3.8) is 0 Å². The fourth-order valence-electron chi connectivity index (χ4n) is 7.31. The van der Waals surface area contributed by atoms with Crippen LogP contribution in [-0.2, 0) is 34.3 Å². The van der Waals surface area contributed by atoms with Crippen molar-refractivity contribution in [1.82, 2.24) is 15.0 Å². The van der Waals surface area contributed by atoms with Gasteiger partial charge in [0.25, 0.3) is 5.69 Å². The molecule has 99 heavy (non-hydrogen) atoms. The van der Waals surface area contributed by atoms with Gasteiger partial charge in [0.15, 0.2) is 0 Å². The van der Waals surface area contributed by atoms with Gasteiger partial charge in [-0.05, 0) is 158 Å². The first-order chi connectivity index (χ1) is 45.0. The first-order valence-corrected chi connectivity index (χ1v) is 34.5. The third-order valence-corrected chi connectivity index (χ3v) is 17.7. The van der Waals surface area contributed by atoms with Crippen LogP contribution in [0.3, 0.4) is 0 Å². The van der Waals surface area contributed by atoms with Gasteiger partial charge in [-0.15, -0.1) is 13.2 Å². The number of pyridine rings is 3. The second-order valence-electron chi connectivity index (χ2n) is 26.8. The molecular weight excluding hydrogens is 1380 g/mol. The molecule has 0 unspecified atom stereocenters. The summed E-state index contributed by atoms with van der Waals surface area (Å²) in [6.45, 7) is 69.9. The van der Waals surface area contributed by atoms with E-state index in [9.17, 15) is 30.3 Å². The minimum Gasteiger partial charge on any atom is -1.00 e. The number of aromatic nitrogens is 3.